The summed E-state index contributed by atoms with van der Waals surface area (Å²) < 4.78 is 10.8. The highest BCUT2D eigenvalue weighted by molar-refractivity contribution is 8.01. The molecule has 2 rings (SSSR count). The largest absolute Gasteiger partial charge is 0.466 e. The molecule has 1 amide bonds. The molecular formula is C15H24N4O4S2. The second-order valence-electron chi connectivity index (χ2n) is 5.51. The summed E-state index contributed by atoms with van der Waals surface area (Å²) in [5, 5.41) is 11.9. The lowest BCUT2D eigenvalue weighted by atomic mass is 9.98. The summed E-state index contributed by atoms with van der Waals surface area (Å²) in [6.07, 6.45) is 1.61. The Balaban J connectivity index is 1.76. The Labute approximate surface area is 155 Å². The number of rotatable bonds is 9. The van der Waals surface area contributed by atoms with E-state index in [2.05, 4.69) is 15.5 Å². The molecule has 140 valence electrons. The minimum absolute atomic E-state index is 0.0168. The number of aromatic nitrogens is 2. The molecule has 1 atom stereocenters. The molecule has 0 bridgehead atoms. The molecule has 1 aliphatic heterocycles. The number of hydrogen-bond acceptors (Lipinski definition) is 9. The number of esters is 1. The third kappa shape index (κ3) is 6.44. The van der Waals surface area contributed by atoms with Crippen LogP contribution >= 0.6 is 23.1 Å². The van der Waals surface area contributed by atoms with Crippen LogP contribution in [-0.4, -0.2) is 72.7 Å². The third-order valence-electron chi connectivity index (χ3n) is 3.70. The van der Waals surface area contributed by atoms with E-state index in [1.54, 1.807) is 18.9 Å². The molecule has 1 N–H and O–H groups in total. The van der Waals surface area contributed by atoms with Gasteiger partial charge in [-0.15, -0.1) is 10.2 Å². The minimum atomic E-state index is -0.208. The monoisotopic (exact) mass is 388 g/mol. The van der Waals surface area contributed by atoms with Crippen molar-refractivity contribution >= 4 is 40.1 Å². The first kappa shape index (κ1) is 19.9. The van der Waals surface area contributed by atoms with E-state index in [0.29, 0.717) is 43.7 Å². The van der Waals surface area contributed by atoms with E-state index in [0.717, 1.165) is 17.2 Å². The summed E-state index contributed by atoms with van der Waals surface area (Å²) in [5.41, 5.74) is 0. The predicted octanol–water partition coefficient (Wildman–Crippen LogP) is 1.49. The summed E-state index contributed by atoms with van der Waals surface area (Å²) in [4.78, 5) is 26.0. The van der Waals surface area contributed by atoms with Gasteiger partial charge in [-0.05, 0) is 19.8 Å². The molecule has 1 aliphatic rings. The topological polar surface area (TPSA) is 93.7 Å². The Morgan fingerprint density at radius 1 is 1.44 bits per heavy atom. The van der Waals surface area contributed by atoms with Crippen LogP contribution in [0.25, 0.3) is 0 Å². The van der Waals surface area contributed by atoms with Gasteiger partial charge in [0.2, 0.25) is 11.0 Å². The Morgan fingerprint density at radius 2 is 2.28 bits per heavy atom. The van der Waals surface area contributed by atoms with Crippen LogP contribution in [0, 0.1) is 5.92 Å². The van der Waals surface area contributed by atoms with Crippen molar-refractivity contribution in [3.05, 3.63) is 0 Å². The van der Waals surface area contributed by atoms with E-state index in [1.807, 2.05) is 0 Å². The second kappa shape index (κ2) is 10.6. The van der Waals surface area contributed by atoms with Gasteiger partial charge >= 0.3 is 5.97 Å². The van der Waals surface area contributed by atoms with Crippen molar-refractivity contribution in [1.82, 2.24) is 15.1 Å². The molecule has 0 saturated carbocycles. The SMILES string of the molecule is CCOC(=O)C1CCCN(C(=O)CSc2nnc(NCCOC)s2)C1. The molecule has 1 fully saturated rings. The summed E-state index contributed by atoms with van der Waals surface area (Å²) >= 11 is 2.78. The first-order valence-electron chi connectivity index (χ1n) is 8.27. The summed E-state index contributed by atoms with van der Waals surface area (Å²) in [6.45, 7) is 4.56. The molecule has 1 unspecified atom stereocenters. The van der Waals surface area contributed by atoms with Crippen molar-refractivity contribution in [2.75, 3.05) is 51.0 Å². The van der Waals surface area contributed by atoms with Crippen molar-refractivity contribution in [2.24, 2.45) is 5.92 Å². The van der Waals surface area contributed by atoms with Crippen molar-refractivity contribution in [3.63, 3.8) is 0 Å². The number of hydrogen-bond donors (Lipinski definition) is 1. The number of piperidine rings is 1. The maximum Gasteiger partial charge on any atom is 0.310 e. The Kier molecular flexibility index (Phi) is 8.42. The lowest BCUT2D eigenvalue weighted by Gasteiger charge is -2.31. The van der Waals surface area contributed by atoms with Crippen molar-refractivity contribution in [2.45, 2.75) is 24.1 Å². The first-order valence-corrected chi connectivity index (χ1v) is 10.1. The number of carbonyl (C=O) groups is 2. The van der Waals surface area contributed by atoms with Crippen LogP contribution in [0.5, 0.6) is 0 Å². The van der Waals surface area contributed by atoms with E-state index in [9.17, 15) is 9.59 Å². The Bertz CT molecular complexity index is 569. The van der Waals surface area contributed by atoms with Crippen molar-refractivity contribution in [3.8, 4) is 0 Å². The minimum Gasteiger partial charge on any atom is -0.466 e. The van der Waals surface area contributed by atoms with E-state index in [-0.39, 0.29) is 17.8 Å². The predicted molar refractivity (Wildman–Crippen MR) is 96.9 cm³/mol. The van der Waals surface area contributed by atoms with E-state index in [1.165, 1.54) is 23.1 Å². The number of ether oxygens (including phenoxy) is 2. The molecule has 1 aromatic rings. The molecule has 1 aromatic heterocycles. The van der Waals surface area contributed by atoms with Crippen LogP contribution in [-0.2, 0) is 19.1 Å². The van der Waals surface area contributed by atoms with E-state index >= 15 is 0 Å². The average molecular weight is 389 g/mol. The molecule has 0 spiro atoms. The van der Waals surface area contributed by atoms with E-state index in [4.69, 9.17) is 9.47 Å². The fourth-order valence-electron chi connectivity index (χ4n) is 2.47. The average Bonchev–Trinajstić information content (AvgIpc) is 3.08. The molecule has 0 aliphatic carbocycles. The maximum atomic E-state index is 12.4. The lowest BCUT2D eigenvalue weighted by molar-refractivity contribution is -0.151. The zero-order chi connectivity index (χ0) is 18.1. The zero-order valence-electron chi connectivity index (χ0n) is 14.5. The van der Waals surface area contributed by atoms with Crippen molar-refractivity contribution in [1.29, 1.82) is 0 Å². The Hall–Kier alpha value is -1.39. The first-order chi connectivity index (χ1) is 12.1. The standard InChI is InChI=1S/C15H24N4O4S2/c1-3-23-13(21)11-5-4-7-19(9-11)12(20)10-24-15-18-17-14(25-15)16-6-8-22-2/h11H,3-10H2,1-2H3,(H,16,17). The molecule has 25 heavy (non-hydrogen) atoms. The number of carbonyl (C=O) groups excluding carboxylic acids is 2. The van der Waals surface area contributed by atoms with Crippen LogP contribution in [0.2, 0.25) is 0 Å². The van der Waals surface area contributed by atoms with Gasteiger partial charge in [-0.3, -0.25) is 9.59 Å². The maximum absolute atomic E-state index is 12.4. The fourth-order valence-corrected chi connectivity index (χ4v) is 4.15. The van der Waals surface area contributed by atoms with Crippen LogP contribution in [0.4, 0.5) is 5.13 Å². The number of nitrogens with zero attached hydrogens (tertiary/aromatic N) is 3. The highest BCUT2D eigenvalue weighted by Crippen LogP contribution is 2.26. The smallest absolute Gasteiger partial charge is 0.310 e. The number of thioether (sulfide) groups is 1. The second-order valence-corrected chi connectivity index (χ2v) is 7.71. The van der Waals surface area contributed by atoms with Gasteiger partial charge in [-0.2, -0.15) is 0 Å². The summed E-state index contributed by atoms with van der Waals surface area (Å²) in [7, 11) is 1.64. The highest BCUT2D eigenvalue weighted by Gasteiger charge is 2.29. The molecule has 1 saturated heterocycles. The van der Waals surface area contributed by atoms with Crippen LogP contribution in [0.15, 0.2) is 4.34 Å². The molecule has 0 aromatic carbocycles. The quantitative estimate of drug-likeness (QED) is 0.386. The highest BCUT2D eigenvalue weighted by atomic mass is 32.2. The number of likely N-dealkylation sites (tertiary alicyclic amines) is 1. The van der Waals surface area contributed by atoms with Crippen LogP contribution in [0.3, 0.4) is 0 Å². The molecular weight excluding hydrogens is 364 g/mol. The summed E-state index contributed by atoms with van der Waals surface area (Å²) in [5.74, 6) is -0.102. The molecule has 8 nitrogen and oxygen atoms in total. The van der Waals surface area contributed by atoms with Gasteiger partial charge in [-0.25, -0.2) is 0 Å². The van der Waals surface area contributed by atoms with Crippen molar-refractivity contribution < 1.29 is 19.1 Å². The molecule has 2 heterocycles. The number of amides is 1. The van der Waals surface area contributed by atoms with Gasteiger partial charge < -0.3 is 19.7 Å². The number of nitrogens with one attached hydrogen (secondary N) is 1. The van der Waals surface area contributed by atoms with Crippen LogP contribution in [0.1, 0.15) is 19.8 Å². The molecule has 0 radical (unpaired) electrons. The Morgan fingerprint density at radius 3 is 3.04 bits per heavy atom. The summed E-state index contributed by atoms with van der Waals surface area (Å²) in [6, 6.07) is 0. The zero-order valence-corrected chi connectivity index (χ0v) is 16.2. The number of anilines is 1. The third-order valence-corrected chi connectivity index (χ3v) is 5.70. The number of methoxy groups -OCH3 is 1. The van der Waals surface area contributed by atoms with Gasteiger partial charge in [0.1, 0.15) is 0 Å². The normalized spacial score (nSPS) is 17.4. The molecule has 10 heteroatoms. The van der Waals surface area contributed by atoms with Gasteiger partial charge in [0.15, 0.2) is 4.34 Å². The van der Waals surface area contributed by atoms with Gasteiger partial charge in [0.25, 0.3) is 0 Å². The van der Waals surface area contributed by atoms with E-state index < -0.39 is 0 Å². The fraction of sp³-hybridized carbons (Fsp3) is 0.733. The van der Waals surface area contributed by atoms with Crippen LogP contribution < -0.4 is 5.32 Å². The van der Waals surface area contributed by atoms with Gasteiger partial charge in [-0.1, -0.05) is 23.1 Å². The van der Waals surface area contributed by atoms with Gasteiger partial charge in [0.05, 0.1) is 24.9 Å². The van der Waals surface area contributed by atoms with Gasteiger partial charge in [0, 0.05) is 26.7 Å². The lowest BCUT2D eigenvalue weighted by Crippen LogP contribution is -2.43.